The molecule has 0 unspecified atom stereocenters. The van der Waals surface area contributed by atoms with Gasteiger partial charge in [-0.2, -0.15) is 4.72 Å². The van der Waals surface area contributed by atoms with Gasteiger partial charge in [0.1, 0.15) is 4.90 Å². The molecule has 0 spiro atoms. The first-order valence-electron chi connectivity index (χ1n) is 5.54. The zero-order chi connectivity index (χ0) is 12.9. The molecule has 8 heteroatoms. The molecular weight excluding hydrogens is 258 g/mol. The van der Waals surface area contributed by atoms with Gasteiger partial charge in [0.15, 0.2) is 0 Å². The Labute approximate surface area is 104 Å². The zero-order valence-electron chi connectivity index (χ0n) is 9.37. The number of rotatable bonds is 2. The van der Waals surface area contributed by atoms with Crippen LogP contribution in [-0.2, 0) is 10.0 Å². The van der Waals surface area contributed by atoms with E-state index in [1.54, 1.807) is 0 Å². The van der Waals surface area contributed by atoms with Crippen LogP contribution in [-0.4, -0.2) is 26.1 Å². The fraction of sp³-hybridized carbons (Fsp3) is 0.400. The highest BCUT2D eigenvalue weighted by molar-refractivity contribution is 7.89. The second kappa shape index (κ2) is 3.66. The third-order valence-corrected chi connectivity index (χ3v) is 4.60. The van der Waals surface area contributed by atoms with E-state index in [1.807, 2.05) is 4.90 Å². The van der Waals surface area contributed by atoms with E-state index in [1.165, 1.54) is 18.2 Å². The van der Waals surface area contributed by atoms with Crippen LogP contribution < -0.4 is 9.62 Å². The van der Waals surface area contributed by atoms with E-state index in [-0.39, 0.29) is 23.3 Å². The molecule has 1 aliphatic heterocycles. The van der Waals surface area contributed by atoms with Crippen molar-refractivity contribution in [2.75, 3.05) is 11.6 Å². The van der Waals surface area contributed by atoms with Gasteiger partial charge in [0.25, 0.3) is 5.69 Å². The minimum atomic E-state index is -3.54. The molecule has 18 heavy (non-hydrogen) atoms. The van der Waals surface area contributed by atoms with E-state index >= 15 is 0 Å². The van der Waals surface area contributed by atoms with Gasteiger partial charge in [-0.1, -0.05) is 0 Å². The SMILES string of the molecule is O=[N+]([O-])c1ccc2c(c1)N(C1CC1)CNS2(=O)=O. The van der Waals surface area contributed by atoms with Crippen LogP contribution in [0.2, 0.25) is 0 Å². The van der Waals surface area contributed by atoms with Crippen LogP contribution in [0.1, 0.15) is 12.8 Å². The van der Waals surface area contributed by atoms with Crippen molar-refractivity contribution < 1.29 is 13.3 Å². The lowest BCUT2D eigenvalue weighted by Gasteiger charge is -2.31. The number of fused-ring (bicyclic) bond motifs is 1. The molecule has 0 radical (unpaired) electrons. The monoisotopic (exact) mass is 269 g/mol. The second-order valence-electron chi connectivity index (χ2n) is 4.42. The summed E-state index contributed by atoms with van der Waals surface area (Å²) < 4.78 is 26.1. The van der Waals surface area contributed by atoms with Gasteiger partial charge in [-0.15, -0.1) is 0 Å². The summed E-state index contributed by atoms with van der Waals surface area (Å²) in [6, 6.07) is 4.14. The largest absolute Gasteiger partial charge is 0.353 e. The summed E-state index contributed by atoms with van der Waals surface area (Å²) in [5.74, 6) is 0. The normalized spacial score (nSPS) is 21.4. The van der Waals surface area contributed by atoms with Crippen molar-refractivity contribution >= 4 is 21.4 Å². The van der Waals surface area contributed by atoms with Crippen molar-refractivity contribution in [2.24, 2.45) is 0 Å². The molecule has 0 amide bonds. The predicted molar refractivity (Wildman–Crippen MR) is 63.8 cm³/mol. The number of sulfonamides is 1. The first kappa shape index (κ1) is 11.4. The van der Waals surface area contributed by atoms with Crippen molar-refractivity contribution in [3.63, 3.8) is 0 Å². The highest BCUT2D eigenvalue weighted by Crippen LogP contribution is 2.38. The third kappa shape index (κ3) is 1.73. The standard InChI is InChI=1S/C10H11N3O4S/c14-13(15)8-3-4-10-9(5-8)12(7-1-2-7)6-11-18(10,16)17/h3-5,7,11H,1-2,6H2. The minimum Gasteiger partial charge on any atom is -0.353 e. The molecule has 7 nitrogen and oxygen atoms in total. The van der Waals surface area contributed by atoms with Crippen LogP contribution in [0.5, 0.6) is 0 Å². The maximum atomic E-state index is 11.8. The van der Waals surface area contributed by atoms with Crippen LogP contribution in [0.3, 0.4) is 0 Å². The lowest BCUT2D eigenvalue weighted by Crippen LogP contribution is -2.44. The van der Waals surface area contributed by atoms with Gasteiger partial charge >= 0.3 is 0 Å². The number of benzene rings is 1. The van der Waals surface area contributed by atoms with E-state index in [9.17, 15) is 18.5 Å². The second-order valence-corrected chi connectivity index (χ2v) is 6.15. The Morgan fingerprint density at radius 2 is 2.11 bits per heavy atom. The van der Waals surface area contributed by atoms with Crippen LogP contribution in [0.25, 0.3) is 0 Å². The molecule has 1 N–H and O–H groups in total. The number of hydrogen-bond acceptors (Lipinski definition) is 5. The summed E-state index contributed by atoms with van der Waals surface area (Å²) in [7, 11) is -3.54. The van der Waals surface area contributed by atoms with Crippen LogP contribution in [0, 0.1) is 10.1 Å². The molecule has 0 atom stereocenters. The summed E-state index contributed by atoms with van der Waals surface area (Å²) in [4.78, 5) is 12.2. The van der Waals surface area contributed by atoms with Crippen molar-refractivity contribution in [2.45, 2.75) is 23.8 Å². The zero-order valence-corrected chi connectivity index (χ0v) is 10.2. The maximum Gasteiger partial charge on any atom is 0.271 e. The molecular formula is C10H11N3O4S. The van der Waals surface area contributed by atoms with E-state index in [0.717, 1.165) is 12.8 Å². The Hall–Kier alpha value is -1.67. The molecule has 1 heterocycles. The van der Waals surface area contributed by atoms with Crippen molar-refractivity contribution in [1.29, 1.82) is 0 Å². The van der Waals surface area contributed by atoms with Gasteiger partial charge in [0, 0.05) is 18.2 Å². The molecule has 1 saturated carbocycles. The topological polar surface area (TPSA) is 92.6 Å². The highest BCUT2D eigenvalue weighted by Gasteiger charge is 2.37. The average molecular weight is 269 g/mol. The summed E-state index contributed by atoms with van der Waals surface area (Å²) in [5.41, 5.74) is 0.349. The van der Waals surface area contributed by atoms with E-state index < -0.39 is 14.9 Å². The molecule has 3 rings (SSSR count). The Morgan fingerprint density at radius 1 is 1.39 bits per heavy atom. The number of nitrogens with one attached hydrogen (secondary N) is 1. The molecule has 1 aromatic carbocycles. The molecule has 1 fully saturated rings. The predicted octanol–water partition coefficient (Wildman–Crippen LogP) is 0.813. The van der Waals surface area contributed by atoms with Crippen LogP contribution >= 0.6 is 0 Å². The summed E-state index contributed by atoms with van der Waals surface area (Å²) in [5, 5.41) is 10.8. The lowest BCUT2D eigenvalue weighted by atomic mass is 10.2. The number of nitro benzene ring substituents is 1. The molecule has 2 aliphatic rings. The van der Waals surface area contributed by atoms with Gasteiger partial charge in [-0.05, 0) is 18.9 Å². The molecule has 0 saturated heterocycles. The first-order valence-corrected chi connectivity index (χ1v) is 7.02. The molecule has 0 bridgehead atoms. The van der Waals surface area contributed by atoms with Gasteiger partial charge < -0.3 is 4.90 Å². The Kier molecular flexibility index (Phi) is 2.32. The van der Waals surface area contributed by atoms with Crippen molar-refractivity contribution in [3.8, 4) is 0 Å². The van der Waals surface area contributed by atoms with E-state index in [0.29, 0.717) is 5.69 Å². The maximum absolute atomic E-state index is 11.8. The number of nitro groups is 1. The van der Waals surface area contributed by atoms with Crippen molar-refractivity contribution in [3.05, 3.63) is 28.3 Å². The molecule has 96 valence electrons. The Balaban J connectivity index is 2.16. The first-order chi connectivity index (χ1) is 8.49. The number of hydrogen-bond donors (Lipinski definition) is 1. The number of nitrogens with zero attached hydrogens (tertiary/aromatic N) is 2. The minimum absolute atomic E-state index is 0.0866. The van der Waals surface area contributed by atoms with Gasteiger partial charge in [0.05, 0.1) is 17.3 Å². The quantitative estimate of drug-likeness (QED) is 0.633. The summed E-state index contributed by atoms with van der Waals surface area (Å²) in [6.07, 6.45) is 1.98. The fourth-order valence-corrected chi connectivity index (χ4v) is 3.26. The van der Waals surface area contributed by atoms with E-state index in [2.05, 4.69) is 4.72 Å². The Bertz CT molecular complexity index is 624. The molecule has 1 aromatic rings. The average Bonchev–Trinajstić information content (AvgIpc) is 3.12. The van der Waals surface area contributed by atoms with Gasteiger partial charge in [-0.25, -0.2) is 8.42 Å². The smallest absolute Gasteiger partial charge is 0.271 e. The number of anilines is 1. The third-order valence-electron chi connectivity index (χ3n) is 3.16. The molecule has 0 aromatic heterocycles. The van der Waals surface area contributed by atoms with Gasteiger partial charge in [-0.3, -0.25) is 10.1 Å². The molecule has 1 aliphatic carbocycles. The summed E-state index contributed by atoms with van der Waals surface area (Å²) in [6.45, 7) is 0.182. The van der Waals surface area contributed by atoms with E-state index in [4.69, 9.17) is 0 Å². The Morgan fingerprint density at radius 3 is 2.72 bits per heavy atom. The van der Waals surface area contributed by atoms with Crippen LogP contribution in [0.4, 0.5) is 11.4 Å². The summed E-state index contributed by atoms with van der Waals surface area (Å²) >= 11 is 0. The number of non-ortho nitro benzene ring substituents is 1. The lowest BCUT2D eigenvalue weighted by molar-refractivity contribution is -0.384. The fourth-order valence-electron chi connectivity index (χ4n) is 2.10. The van der Waals surface area contributed by atoms with Crippen molar-refractivity contribution in [1.82, 2.24) is 4.72 Å². The van der Waals surface area contributed by atoms with Gasteiger partial charge in [0.2, 0.25) is 10.0 Å². The van der Waals surface area contributed by atoms with Crippen LogP contribution in [0.15, 0.2) is 23.1 Å². The highest BCUT2D eigenvalue weighted by atomic mass is 32.2.